The third-order valence-electron chi connectivity index (χ3n) is 3.91. The Morgan fingerprint density at radius 1 is 1.24 bits per heavy atom. The highest BCUT2D eigenvalue weighted by atomic mass is 32.2. The van der Waals surface area contributed by atoms with Crippen molar-refractivity contribution in [3.05, 3.63) is 38.4 Å². The van der Waals surface area contributed by atoms with E-state index in [1.54, 1.807) is 23.5 Å². The van der Waals surface area contributed by atoms with Gasteiger partial charge >= 0.3 is 0 Å². The Labute approximate surface area is 155 Å². The van der Waals surface area contributed by atoms with Crippen molar-refractivity contribution in [3.8, 4) is 0 Å². The number of sulfonamides is 1. The van der Waals surface area contributed by atoms with E-state index in [2.05, 4.69) is 5.32 Å². The molecule has 1 aliphatic rings. The maximum Gasteiger partial charge on any atom is 0.252 e. The minimum Gasteiger partial charge on any atom is -0.379 e. The average molecular weight is 401 g/mol. The van der Waals surface area contributed by atoms with Crippen LogP contribution in [0, 0.1) is 13.8 Å². The molecule has 136 valence electrons. The standard InChI is InChI=1S/C16H20N2O4S3/c1-11-9-14(12(2)23-11)16(19)17-10-13-3-4-15(24-13)25(20,21)18-5-7-22-8-6-18/h3-4,9H,5-8,10H2,1-2H3,(H,17,19). The van der Waals surface area contributed by atoms with Crippen LogP contribution >= 0.6 is 22.7 Å². The number of ether oxygens (including phenoxy) is 1. The number of hydrogen-bond acceptors (Lipinski definition) is 6. The highest BCUT2D eigenvalue weighted by Crippen LogP contribution is 2.26. The van der Waals surface area contributed by atoms with Crippen molar-refractivity contribution in [2.24, 2.45) is 0 Å². The van der Waals surface area contributed by atoms with Gasteiger partial charge in [0.15, 0.2) is 0 Å². The summed E-state index contributed by atoms with van der Waals surface area (Å²) in [6, 6.07) is 5.24. The predicted molar refractivity (Wildman–Crippen MR) is 98.9 cm³/mol. The number of nitrogens with one attached hydrogen (secondary N) is 1. The molecule has 0 bridgehead atoms. The number of morpholine rings is 1. The molecule has 3 rings (SSSR count). The molecule has 2 aromatic rings. The van der Waals surface area contributed by atoms with E-state index in [4.69, 9.17) is 4.74 Å². The summed E-state index contributed by atoms with van der Waals surface area (Å²) in [5.41, 5.74) is 0.681. The summed E-state index contributed by atoms with van der Waals surface area (Å²) in [4.78, 5) is 15.2. The lowest BCUT2D eigenvalue weighted by Crippen LogP contribution is -2.40. The summed E-state index contributed by atoms with van der Waals surface area (Å²) >= 11 is 2.79. The molecule has 1 amide bonds. The van der Waals surface area contributed by atoms with Crippen molar-refractivity contribution >= 4 is 38.6 Å². The van der Waals surface area contributed by atoms with E-state index in [0.717, 1.165) is 14.6 Å². The molecule has 9 heteroatoms. The lowest BCUT2D eigenvalue weighted by molar-refractivity contribution is 0.0731. The topological polar surface area (TPSA) is 75.7 Å². The first kappa shape index (κ1) is 18.5. The van der Waals surface area contributed by atoms with E-state index in [9.17, 15) is 13.2 Å². The summed E-state index contributed by atoms with van der Waals surface area (Å²) in [5, 5.41) is 2.86. The van der Waals surface area contributed by atoms with Gasteiger partial charge < -0.3 is 10.1 Å². The third-order valence-corrected chi connectivity index (χ3v) is 8.33. The van der Waals surface area contributed by atoms with Crippen LogP contribution in [-0.4, -0.2) is 44.9 Å². The summed E-state index contributed by atoms with van der Waals surface area (Å²) in [7, 11) is -3.47. The number of thiophene rings is 2. The Balaban J connectivity index is 1.65. The number of nitrogens with zero attached hydrogens (tertiary/aromatic N) is 1. The van der Waals surface area contributed by atoms with E-state index >= 15 is 0 Å². The van der Waals surface area contributed by atoms with Gasteiger partial charge in [0.2, 0.25) is 0 Å². The lowest BCUT2D eigenvalue weighted by Gasteiger charge is -2.25. The van der Waals surface area contributed by atoms with E-state index in [1.807, 2.05) is 19.9 Å². The lowest BCUT2D eigenvalue weighted by atomic mass is 10.2. The molecule has 1 fully saturated rings. The van der Waals surface area contributed by atoms with Crippen LogP contribution in [0.5, 0.6) is 0 Å². The van der Waals surface area contributed by atoms with E-state index in [-0.39, 0.29) is 5.91 Å². The minimum absolute atomic E-state index is 0.132. The monoisotopic (exact) mass is 400 g/mol. The van der Waals surface area contributed by atoms with Crippen LogP contribution in [0.3, 0.4) is 0 Å². The molecule has 3 heterocycles. The molecular formula is C16H20N2O4S3. The van der Waals surface area contributed by atoms with E-state index < -0.39 is 10.0 Å². The highest BCUT2D eigenvalue weighted by molar-refractivity contribution is 7.91. The second-order valence-corrected chi connectivity index (χ2v) is 10.5. The van der Waals surface area contributed by atoms with Crippen LogP contribution < -0.4 is 5.32 Å². The van der Waals surface area contributed by atoms with Gasteiger partial charge in [0, 0.05) is 27.7 Å². The molecule has 0 unspecified atom stereocenters. The second kappa shape index (κ2) is 7.55. The number of carbonyl (C=O) groups is 1. The number of amides is 1. The molecule has 0 aromatic carbocycles. The molecule has 0 radical (unpaired) electrons. The van der Waals surface area contributed by atoms with Crippen LogP contribution in [0.15, 0.2) is 22.4 Å². The van der Waals surface area contributed by atoms with E-state index in [1.165, 1.54) is 15.6 Å². The highest BCUT2D eigenvalue weighted by Gasteiger charge is 2.27. The van der Waals surface area contributed by atoms with E-state index in [0.29, 0.717) is 42.6 Å². The Hall–Kier alpha value is -1.26. The van der Waals surface area contributed by atoms with Gasteiger partial charge in [0.05, 0.1) is 25.3 Å². The summed E-state index contributed by atoms with van der Waals surface area (Å²) in [5.74, 6) is -0.132. The van der Waals surface area contributed by atoms with Gasteiger partial charge in [-0.25, -0.2) is 8.42 Å². The predicted octanol–water partition coefficient (Wildman–Crippen LogP) is 2.38. The van der Waals surface area contributed by atoms with Gasteiger partial charge in [0.25, 0.3) is 15.9 Å². The number of hydrogen-bond donors (Lipinski definition) is 1. The minimum atomic E-state index is -3.47. The molecule has 1 aliphatic heterocycles. The van der Waals surface area contributed by atoms with Crippen molar-refractivity contribution in [3.63, 3.8) is 0 Å². The Morgan fingerprint density at radius 2 is 1.96 bits per heavy atom. The van der Waals surface area contributed by atoms with Crippen molar-refractivity contribution in [2.75, 3.05) is 26.3 Å². The maximum absolute atomic E-state index is 12.6. The third kappa shape index (κ3) is 4.12. The normalized spacial score (nSPS) is 16.1. The van der Waals surface area contributed by atoms with Crippen LogP contribution in [-0.2, 0) is 21.3 Å². The number of carbonyl (C=O) groups excluding carboxylic acids is 1. The van der Waals surface area contributed by atoms with Crippen molar-refractivity contribution in [1.82, 2.24) is 9.62 Å². The first-order chi connectivity index (χ1) is 11.9. The van der Waals surface area contributed by atoms with Crippen LogP contribution in [0.25, 0.3) is 0 Å². The fourth-order valence-corrected chi connectivity index (χ4v) is 6.40. The fraction of sp³-hybridized carbons (Fsp3) is 0.438. The molecule has 0 aliphatic carbocycles. The van der Waals surface area contributed by atoms with Gasteiger partial charge in [-0.05, 0) is 32.0 Å². The molecular weight excluding hydrogens is 380 g/mol. The molecule has 0 spiro atoms. The summed E-state index contributed by atoms with van der Waals surface area (Å²) in [6.45, 7) is 5.81. The maximum atomic E-state index is 12.6. The first-order valence-corrected chi connectivity index (χ1v) is 11.0. The quantitative estimate of drug-likeness (QED) is 0.836. The van der Waals surface area contributed by atoms with Gasteiger partial charge in [0.1, 0.15) is 4.21 Å². The molecule has 1 saturated heterocycles. The number of aryl methyl sites for hydroxylation is 2. The number of rotatable bonds is 5. The van der Waals surface area contributed by atoms with Gasteiger partial charge in [-0.1, -0.05) is 0 Å². The SMILES string of the molecule is Cc1cc(C(=O)NCc2ccc(S(=O)(=O)N3CCOCC3)s2)c(C)s1. The zero-order valence-corrected chi connectivity index (χ0v) is 16.5. The zero-order chi connectivity index (χ0) is 18.0. The largest absolute Gasteiger partial charge is 0.379 e. The van der Waals surface area contributed by atoms with Crippen LogP contribution in [0.4, 0.5) is 0 Å². The van der Waals surface area contributed by atoms with Crippen molar-refractivity contribution in [2.45, 2.75) is 24.6 Å². The van der Waals surface area contributed by atoms with Crippen molar-refractivity contribution < 1.29 is 17.9 Å². The van der Waals surface area contributed by atoms with Gasteiger partial charge in [-0.3, -0.25) is 4.79 Å². The second-order valence-electron chi connectivity index (χ2n) is 5.75. The Morgan fingerprint density at radius 3 is 2.60 bits per heavy atom. The molecule has 6 nitrogen and oxygen atoms in total. The Kier molecular flexibility index (Phi) is 5.59. The van der Waals surface area contributed by atoms with Crippen LogP contribution in [0.1, 0.15) is 25.0 Å². The Bertz CT molecular complexity index is 864. The van der Waals surface area contributed by atoms with Gasteiger partial charge in [-0.15, -0.1) is 22.7 Å². The smallest absolute Gasteiger partial charge is 0.252 e. The summed E-state index contributed by atoms with van der Waals surface area (Å²) < 4.78 is 32.2. The molecule has 25 heavy (non-hydrogen) atoms. The average Bonchev–Trinajstić information content (AvgIpc) is 3.20. The zero-order valence-electron chi connectivity index (χ0n) is 14.1. The molecule has 0 saturated carbocycles. The fourth-order valence-electron chi connectivity index (χ4n) is 2.62. The van der Waals surface area contributed by atoms with Gasteiger partial charge in [-0.2, -0.15) is 4.31 Å². The molecule has 0 atom stereocenters. The first-order valence-electron chi connectivity index (χ1n) is 7.90. The van der Waals surface area contributed by atoms with Crippen molar-refractivity contribution in [1.29, 1.82) is 0 Å². The van der Waals surface area contributed by atoms with Crippen LogP contribution in [0.2, 0.25) is 0 Å². The molecule has 2 aromatic heterocycles. The summed E-state index contributed by atoms with van der Waals surface area (Å²) in [6.07, 6.45) is 0. The molecule has 1 N–H and O–H groups in total.